The fourth-order valence-corrected chi connectivity index (χ4v) is 1.60. The first-order chi connectivity index (χ1) is 8.70. The zero-order valence-electron chi connectivity index (χ0n) is 9.35. The highest BCUT2D eigenvalue weighted by molar-refractivity contribution is 8.00. The molecule has 0 aromatic heterocycles. The molecule has 0 saturated carbocycles. The minimum absolute atomic E-state index is 0.306. The molecule has 0 aliphatic heterocycles. The number of nitrogen functional groups attached to an aromatic ring is 1. The van der Waals surface area contributed by atoms with Crippen LogP contribution in [-0.4, -0.2) is 23.7 Å². The second-order valence-corrected chi connectivity index (χ2v) is 4.56. The lowest BCUT2D eigenvalue weighted by atomic mass is 10.1. The fourth-order valence-electron chi connectivity index (χ4n) is 1.17. The summed E-state index contributed by atoms with van der Waals surface area (Å²) >= 11 is -0.313. The van der Waals surface area contributed by atoms with Gasteiger partial charge in [0.2, 0.25) is 0 Å². The predicted molar refractivity (Wildman–Crippen MR) is 61.6 cm³/mol. The number of nitrogens with one attached hydrogen (secondary N) is 1. The maximum absolute atomic E-state index is 13.2. The number of benzene rings is 1. The number of rotatable bonds is 4. The molecule has 1 rings (SSSR count). The molecule has 0 saturated heterocycles. The van der Waals surface area contributed by atoms with Crippen molar-refractivity contribution in [2.45, 2.75) is 5.51 Å². The number of hydrogen-bond donors (Lipinski definition) is 2. The van der Waals surface area contributed by atoms with E-state index in [1.165, 1.54) is 0 Å². The number of halogens is 5. The Morgan fingerprint density at radius 3 is 2.47 bits per heavy atom. The molecule has 0 unspecified atom stereocenters. The minimum Gasteiger partial charge on any atom is -0.396 e. The van der Waals surface area contributed by atoms with Crippen LogP contribution >= 0.6 is 11.8 Å². The topological polar surface area (TPSA) is 55.1 Å². The average Bonchev–Trinajstić information content (AvgIpc) is 2.28. The second kappa shape index (κ2) is 6.09. The Morgan fingerprint density at radius 2 is 1.89 bits per heavy atom. The highest BCUT2D eigenvalue weighted by Gasteiger charge is 2.27. The van der Waals surface area contributed by atoms with Gasteiger partial charge in [-0.25, -0.2) is 8.78 Å². The first-order valence-corrected chi connectivity index (χ1v) is 5.92. The van der Waals surface area contributed by atoms with Crippen molar-refractivity contribution in [1.82, 2.24) is 5.32 Å². The van der Waals surface area contributed by atoms with Gasteiger partial charge < -0.3 is 11.1 Å². The number of carbonyl (C=O) groups excluding carboxylic acids is 1. The van der Waals surface area contributed by atoms with E-state index in [2.05, 4.69) is 5.32 Å². The molecule has 3 nitrogen and oxygen atoms in total. The molecule has 0 heterocycles. The van der Waals surface area contributed by atoms with E-state index >= 15 is 0 Å². The van der Waals surface area contributed by atoms with Crippen molar-refractivity contribution in [3.63, 3.8) is 0 Å². The zero-order valence-corrected chi connectivity index (χ0v) is 10.2. The summed E-state index contributed by atoms with van der Waals surface area (Å²) in [7, 11) is 0. The molecule has 1 amide bonds. The van der Waals surface area contributed by atoms with Crippen molar-refractivity contribution in [2.75, 3.05) is 18.0 Å². The van der Waals surface area contributed by atoms with Crippen LogP contribution in [0.1, 0.15) is 10.4 Å². The smallest absolute Gasteiger partial charge is 0.396 e. The van der Waals surface area contributed by atoms with Gasteiger partial charge in [-0.3, -0.25) is 4.79 Å². The summed E-state index contributed by atoms with van der Waals surface area (Å²) < 4.78 is 61.5. The van der Waals surface area contributed by atoms with E-state index < -0.39 is 40.1 Å². The van der Waals surface area contributed by atoms with E-state index in [4.69, 9.17) is 5.73 Å². The van der Waals surface area contributed by atoms with Crippen LogP contribution in [0.3, 0.4) is 0 Å². The van der Waals surface area contributed by atoms with Gasteiger partial charge in [0, 0.05) is 18.4 Å². The number of thioether (sulfide) groups is 1. The lowest BCUT2D eigenvalue weighted by molar-refractivity contribution is -0.0327. The highest BCUT2D eigenvalue weighted by Crippen LogP contribution is 2.29. The standard InChI is InChI=1S/C10H9F5N2OS/c11-6-4-7(12)8(16)3-5(6)9(18)17-1-2-19-10(13,14)15/h3-4H,1-2,16H2,(H,17,18). The minimum atomic E-state index is -4.39. The molecule has 19 heavy (non-hydrogen) atoms. The van der Waals surface area contributed by atoms with Gasteiger partial charge in [0.05, 0.1) is 11.3 Å². The molecule has 3 N–H and O–H groups in total. The Balaban J connectivity index is 2.57. The normalized spacial score (nSPS) is 11.4. The molecule has 0 atom stereocenters. The number of amides is 1. The van der Waals surface area contributed by atoms with E-state index in [9.17, 15) is 26.7 Å². The molecule has 0 spiro atoms. The molecule has 1 aromatic rings. The Kier molecular flexibility index (Phi) is 4.98. The van der Waals surface area contributed by atoms with E-state index in [1.54, 1.807) is 0 Å². The lowest BCUT2D eigenvalue weighted by Crippen LogP contribution is -2.27. The molecule has 9 heteroatoms. The van der Waals surface area contributed by atoms with Gasteiger partial charge in [-0.2, -0.15) is 13.2 Å². The van der Waals surface area contributed by atoms with Crippen LogP contribution in [0.5, 0.6) is 0 Å². The summed E-state index contributed by atoms with van der Waals surface area (Å²) in [6.07, 6.45) is 0. The van der Waals surface area contributed by atoms with Crippen molar-refractivity contribution in [3.8, 4) is 0 Å². The van der Waals surface area contributed by atoms with Crippen molar-refractivity contribution < 1.29 is 26.7 Å². The van der Waals surface area contributed by atoms with E-state index in [1.807, 2.05) is 0 Å². The van der Waals surface area contributed by atoms with Crippen molar-refractivity contribution in [1.29, 1.82) is 0 Å². The van der Waals surface area contributed by atoms with Crippen molar-refractivity contribution in [3.05, 3.63) is 29.3 Å². The van der Waals surface area contributed by atoms with Gasteiger partial charge in [-0.05, 0) is 17.8 Å². The largest absolute Gasteiger partial charge is 0.441 e. The van der Waals surface area contributed by atoms with Crippen LogP contribution in [0.2, 0.25) is 0 Å². The summed E-state index contributed by atoms with van der Waals surface area (Å²) in [6.45, 7) is -0.306. The number of hydrogen-bond acceptors (Lipinski definition) is 3. The molecule has 0 radical (unpaired) electrons. The SMILES string of the molecule is Nc1cc(C(=O)NCCSC(F)(F)F)c(F)cc1F. The summed E-state index contributed by atoms with van der Waals surface area (Å²) in [5.74, 6) is -3.51. The first-order valence-electron chi connectivity index (χ1n) is 4.94. The quantitative estimate of drug-likeness (QED) is 0.510. The highest BCUT2D eigenvalue weighted by atomic mass is 32.2. The third-order valence-electron chi connectivity index (χ3n) is 1.98. The molecule has 0 aliphatic rings. The van der Waals surface area contributed by atoms with Gasteiger partial charge in [-0.1, -0.05) is 0 Å². The first kappa shape index (κ1) is 15.5. The van der Waals surface area contributed by atoms with E-state index in [0.29, 0.717) is 6.07 Å². The summed E-state index contributed by atoms with van der Waals surface area (Å²) in [6, 6.07) is 1.23. The molecule has 0 aliphatic carbocycles. The Labute approximate surface area is 109 Å². The van der Waals surface area contributed by atoms with Gasteiger partial charge >= 0.3 is 5.51 Å². The van der Waals surface area contributed by atoms with E-state index in [-0.39, 0.29) is 18.3 Å². The molecular formula is C10H9F5N2OS. The summed E-state index contributed by atoms with van der Waals surface area (Å²) in [4.78, 5) is 11.4. The fraction of sp³-hybridized carbons (Fsp3) is 0.300. The summed E-state index contributed by atoms with van der Waals surface area (Å²) in [5.41, 5.74) is -0.166. The maximum atomic E-state index is 13.2. The number of alkyl halides is 3. The van der Waals surface area contributed by atoms with E-state index in [0.717, 1.165) is 6.07 Å². The third kappa shape index (κ3) is 4.93. The van der Waals surface area contributed by atoms with Crippen LogP contribution in [0.25, 0.3) is 0 Å². The number of anilines is 1. The Bertz CT molecular complexity index is 478. The van der Waals surface area contributed by atoms with Crippen LogP contribution < -0.4 is 11.1 Å². The predicted octanol–water partition coefficient (Wildman–Crippen LogP) is 2.53. The molecular weight excluding hydrogens is 291 g/mol. The monoisotopic (exact) mass is 300 g/mol. The zero-order chi connectivity index (χ0) is 14.6. The van der Waals surface area contributed by atoms with Crippen LogP contribution in [0.4, 0.5) is 27.6 Å². The lowest BCUT2D eigenvalue weighted by Gasteiger charge is -2.08. The number of nitrogens with two attached hydrogens (primary N) is 1. The van der Waals surface area contributed by atoms with Crippen LogP contribution in [0, 0.1) is 11.6 Å². The maximum Gasteiger partial charge on any atom is 0.441 e. The molecule has 0 bridgehead atoms. The Morgan fingerprint density at radius 1 is 1.26 bits per heavy atom. The second-order valence-electron chi connectivity index (χ2n) is 3.40. The summed E-state index contributed by atoms with van der Waals surface area (Å²) in [5, 5.41) is 2.08. The molecule has 1 aromatic carbocycles. The Hall–Kier alpha value is -1.51. The van der Waals surface area contributed by atoms with Gasteiger partial charge in [-0.15, -0.1) is 0 Å². The average molecular weight is 300 g/mol. The number of carbonyl (C=O) groups is 1. The van der Waals surface area contributed by atoms with Crippen molar-refractivity contribution >= 4 is 23.4 Å². The molecule has 0 fully saturated rings. The van der Waals surface area contributed by atoms with Crippen molar-refractivity contribution in [2.24, 2.45) is 0 Å². The van der Waals surface area contributed by atoms with Gasteiger partial charge in [0.15, 0.2) is 0 Å². The molecule has 106 valence electrons. The third-order valence-corrected chi connectivity index (χ3v) is 2.72. The van der Waals surface area contributed by atoms with Gasteiger partial charge in [0.25, 0.3) is 5.91 Å². The van der Waals surface area contributed by atoms with Crippen LogP contribution in [-0.2, 0) is 0 Å². The van der Waals surface area contributed by atoms with Gasteiger partial charge in [0.1, 0.15) is 11.6 Å². The van der Waals surface area contributed by atoms with Crippen LogP contribution in [0.15, 0.2) is 12.1 Å².